The number of benzene rings is 2. The number of hydrogen-bond donors (Lipinski definition) is 1. The van der Waals surface area contributed by atoms with Gasteiger partial charge in [-0.2, -0.15) is 0 Å². The fourth-order valence-corrected chi connectivity index (χ4v) is 2.12. The lowest BCUT2D eigenvalue weighted by atomic mass is 10.1. The van der Waals surface area contributed by atoms with Crippen LogP contribution in [-0.2, 0) is 0 Å². The van der Waals surface area contributed by atoms with Gasteiger partial charge in [0.05, 0.1) is 15.7 Å². The minimum Gasteiger partial charge on any atom is -0.505 e. The van der Waals surface area contributed by atoms with E-state index in [1.54, 1.807) is 18.3 Å². The van der Waals surface area contributed by atoms with Crippen LogP contribution >= 0.6 is 23.2 Å². The van der Waals surface area contributed by atoms with E-state index in [0.717, 1.165) is 11.3 Å². The normalized spacial score (nSPS) is 11.2. The summed E-state index contributed by atoms with van der Waals surface area (Å²) in [5.41, 5.74) is 4.03. The zero-order valence-electron chi connectivity index (χ0n) is 10.6. The van der Waals surface area contributed by atoms with Crippen molar-refractivity contribution < 1.29 is 5.11 Å². The molecule has 0 aliphatic heterocycles. The molecule has 0 unspecified atom stereocenters. The molecule has 2 nitrogen and oxygen atoms in total. The summed E-state index contributed by atoms with van der Waals surface area (Å²) in [4.78, 5) is 4.37. The molecule has 2 aromatic rings. The zero-order chi connectivity index (χ0) is 14.0. The SMILES string of the molecule is Cc1ccc(N=Cc2cc(Cl)c(O)c(Cl)c2)cc1C. The molecule has 0 amide bonds. The Morgan fingerprint density at radius 1 is 1.00 bits per heavy atom. The molecule has 0 atom stereocenters. The van der Waals surface area contributed by atoms with Crippen LogP contribution in [0.5, 0.6) is 5.75 Å². The molecule has 19 heavy (non-hydrogen) atoms. The molecule has 4 heteroatoms. The summed E-state index contributed by atoms with van der Waals surface area (Å²) < 4.78 is 0. The standard InChI is InChI=1S/C15H13Cl2NO/c1-9-3-4-12(5-10(9)2)18-8-11-6-13(16)15(19)14(17)7-11/h3-8,19H,1-2H3. The van der Waals surface area contributed by atoms with Gasteiger partial charge in [0.1, 0.15) is 0 Å². The van der Waals surface area contributed by atoms with Crippen molar-refractivity contribution in [3.05, 3.63) is 57.1 Å². The molecule has 98 valence electrons. The molecular weight excluding hydrogens is 281 g/mol. The van der Waals surface area contributed by atoms with Gasteiger partial charge in [-0.1, -0.05) is 29.3 Å². The highest BCUT2D eigenvalue weighted by Gasteiger charge is 2.05. The fraction of sp³-hybridized carbons (Fsp3) is 0.133. The third kappa shape index (κ3) is 3.28. The molecule has 2 aromatic carbocycles. The third-order valence-electron chi connectivity index (χ3n) is 2.89. The van der Waals surface area contributed by atoms with Gasteiger partial charge in [0, 0.05) is 6.21 Å². The summed E-state index contributed by atoms with van der Waals surface area (Å²) in [6.45, 7) is 4.10. The Balaban J connectivity index is 2.30. The highest BCUT2D eigenvalue weighted by Crippen LogP contribution is 2.32. The first-order valence-corrected chi connectivity index (χ1v) is 6.52. The van der Waals surface area contributed by atoms with Gasteiger partial charge in [0.15, 0.2) is 5.75 Å². The topological polar surface area (TPSA) is 32.6 Å². The summed E-state index contributed by atoms with van der Waals surface area (Å²) in [5, 5.41) is 9.91. The Morgan fingerprint density at radius 2 is 1.63 bits per heavy atom. The lowest BCUT2D eigenvalue weighted by Gasteiger charge is -2.02. The summed E-state index contributed by atoms with van der Waals surface area (Å²) in [6, 6.07) is 9.22. The van der Waals surface area contributed by atoms with Crippen LogP contribution in [0.1, 0.15) is 16.7 Å². The third-order valence-corrected chi connectivity index (χ3v) is 3.47. The lowest BCUT2D eigenvalue weighted by Crippen LogP contribution is -1.83. The zero-order valence-corrected chi connectivity index (χ0v) is 12.1. The second-order valence-electron chi connectivity index (χ2n) is 4.36. The number of aliphatic imine (C=N–C) groups is 1. The Kier molecular flexibility index (Phi) is 4.13. The Labute approximate surface area is 122 Å². The van der Waals surface area contributed by atoms with Gasteiger partial charge < -0.3 is 5.11 Å². The molecule has 0 heterocycles. The molecule has 0 fully saturated rings. The molecule has 0 saturated carbocycles. The van der Waals surface area contributed by atoms with E-state index in [-0.39, 0.29) is 15.8 Å². The van der Waals surface area contributed by atoms with Crippen LogP contribution in [0, 0.1) is 13.8 Å². The minimum atomic E-state index is -0.105. The van der Waals surface area contributed by atoms with Gasteiger partial charge in [-0.3, -0.25) is 4.99 Å². The van der Waals surface area contributed by atoms with Crippen LogP contribution in [0.15, 0.2) is 35.3 Å². The van der Waals surface area contributed by atoms with E-state index >= 15 is 0 Å². The smallest absolute Gasteiger partial charge is 0.152 e. The van der Waals surface area contributed by atoms with E-state index in [1.165, 1.54) is 11.1 Å². The highest BCUT2D eigenvalue weighted by atomic mass is 35.5. The predicted octanol–water partition coefficient (Wildman–Crippen LogP) is 5.07. The van der Waals surface area contributed by atoms with Crippen molar-refractivity contribution in [2.24, 2.45) is 4.99 Å². The van der Waals surface area contributed by atoms with Gasteiger partial charge in [0.2, 0.25) is 0 Å². The summed E-state index contributed by atoms with van der Waals surface area (Å²) in [6.07, 6.45) is 1.67. The van der Waals surface area contributed by atoms with Crippen LogP contribution in [0.4, 0.5) is 5.69 Å². The molecule has 1 N–H and O–H groups in total. The van der Waals surface area contributed by atoms with Crippen molar-refractivity contribution in [2.75, 3.05) is 0 Å². The summed E-state index contributed by atoms with van der Waals surface area (Å²) in [7, 11) is 0. The average Bonchev–Trinajstić information content (AvgIpc) is 2.37. The maximum Gasteiger partial charge on any atom is 0.152 e. The molecule has 2 rings (SSSR count). The largest absolute Gasteiger partial charge is 0.505 e. The van der Waals surface area contributed by atoms with E-state index in [1.807, 2.05) is 25.1 Å². The molecule has 0 aliphatic carbocycles. The number of nitrogens with zero attached hydrogens (tertiary/aromatic N) is 1. The molecule has 0 aliphatic rings. The van der Waals surface area contributed by atoms with Gasteiger partial charge in [0.25, 0.3) is 0 Å². The second kappa shape index (κ2) is 5.64. The molecule has 0 radical (unpaired) electrons. The van der Waals surface area contributed by atoms with Crippen molar-refractivity contribution in [1.82, 2.24) is 0 Å². The average molecular weight is 294 g/mol. The van der Waals surface area contributed by atoms with Crippen molar-refractivity contribution >= 4 is 35.1 Å². The van der Waals surface area contributed by atoms with Crippen LogP contribution < -0.4 is 0 Å². The number of phenolic OH excluding ortho intramolecular Hbond substituents is 1. The van der Waals surface area contributed by atoms with E-state index in [0.29, 0.717) is 0 Å². The van der Waals surface area contributed by atoms with E-state index in [2.05, 4.69) is 11.9 Å². The minimum absolute atomic E-state index is 0.105. The van der Waals surface area contributed by atoms with Gasteiger partial charge >= 0.3 is 0 Å². The molecule has 0 saturated heterocycles. The quantitative estimate of drug-likeness (QED) is 0.771. The molecule has 0 aromatic heterocycles. The van der Waals surface area contributed by atoms with Crippen LogP contribution in [-0.4, -0.2) is 11.3 Å². The first kappa shape index (κ1) is 13.9. The first-order chi connectivity index (χ1) is 8.97. The number of halogens is 2. The number of phenols is 1. The van der Waals surface area contributed by atoms with Crippen LogP contribution in [0.3, 0.4) is 0 Å². The van der Waals surface area contributed by atoms with Gasteiger partial charge in [-0.05, 0) is 54.8 Å². The number of rotatable bonds is 2. The maximum atomic E-state index is 9.47. The maximum absolute atomic E-state index is 9.47. The Morgan fingerprint density at radius 3 is 2.21 bits per heavy atom. The molecular formula is C15H13Cl2NO. The lowest BCUT2D eigenvalue weighted by molar-refractivity contribution is 0.476. The predicted molar refractivity (Wildman–Crippen MR) is 81.3 cm³/mol. The van der Waals surface area contributed by atoms with Gasteiger partial charge in [-0.15, -0.1) is 0 Å². The van der Waals surface area contributed by atoms with E-state index in [4.69, 9.17) is 23.2 Å². The van der Waals surface area contributed by atoms with Crippen molar-refractivity contribution in [1.29, 1.82) is 0 Å². The monoisotopic (exact) mass is 293 g/mol. The first-order valence-electron chi connectivity index (χ1n) is 5.76. The van der Waals surface area contributed by atoms with E-state index < -0.39 is 0 Å². The molecule has 0 spiro atoms. The van der Waals surface area contributed by atoms with Crippen LogP contribution in [0.2, 0.25) is 10.0 Å². The van der Waals surface area contributed by atoms with E-state index in [9.17, 15) is 5.11 Å². The van der Waals surface area contributed by atoms with Crippen LogP contribution in [0.25, 0.3) is 0 Å². The highest BCUT2D eigenvalue weighted by molar-refractivity contribution is 6.37. The molecule has 0 bridgehead atoms. The van der Waals surface area contributed by atoms with Gasteiger partial charge in [-0.25, -0.2) is 0 Å². The summed E-state index contributed by atoms with van der Waals surface area (Å²) >= 11 is 11.7. The van der Waals surface area contributed by atoms with Crippen molar-refractivity contribution in [3.8, 4) is 5.75 Å². The van der Waals surface area contributed by atoms with Crippen molar-refractivity contribution in [3.63, 3.8) is 0 Å². The Bertz CT molecular complexity index is 628. The number of aromatic hydroxyl groups is 1. The Hall–Kier alpha value is -1.51. The summed E-state index contributed by atoms with van der Waals surface area (Å²) in [5.74, 6) is -0.105. The second-order valence-corrected chi connectivity index (χ2v) is 5.17. The number of hydrogen-bond acceptors (Lipinski definition) is 2. The van der Waals surface area contributed by atoms with Crippen molar-refractivity contribution in [2.45, 2.75) is 13.8 Å². The number of aryl methyl sites for hydroxylation is 2. The fourth-order valence-electron chi connectivity index (χ4n) is 1.61.